The van der Waals surface area contributed by atoms with Crippen molar-refractivity contribution in [2.75, 3.05) is 13.2 Å². The lowest BCUT2D eigenvalue weighted by molar-refractivity contribution is 0.170. The third-order valence-electron chi connectivity index (χ3n) is 2.32. The Labute approximate surface area is 102 Å². The fourth-order valence-corrected chi connectivity index (χ4v) is 1.71. The van der Waals surface area contributed by atoms with Crippen LogP contribution in [-0.4, -0.2) is 29.8 Å². The highest BCUT2D eigenvalue weighted by molar-refractivity contribution is 14.1. The number of aliphatic imine (C=N–C) groups is 1. The van der Waals surface area contributed by atoms with Crippen molar-refractivity contribution >= 4 is 28.5 Å². The van der Waals surface area contributed by atoms with E-state index in [9.17, 15) is 0 Å². The van der Waals surface area contributed by atoms with Crippen LogP contribution in [0.5, 0.6) is 0 Å². The Balaban J connectivity index is 2.26. The van der Waals surface area contributed by atoms with Crippen LogP contribution in [0.15, 0.2) is 29.3 Å². The van der Waals surface area contributed by atoms with E-state index < -0.39 is 5.54 Å². The molecular weight excluding hydrogens is 305 g/mol. The molecule has 0 fully saturated rings. The molecule has 0 saturated heterocycles. The van der Waals surface area contributed by atoms with Gasteiger partial charge < -0.3 is 9.84 Å². The third kappa shape index (κ3) is 2.31. The predicted octanol–water partition coefficient (Wildman–Crippen LogP) is 1.82. The van der Waals surface area contributed by atoms with Crippen LogP contribution in [-0.2, 0) is 4.74 Å². The maximum Gasteiger partial charge on any atom is 0.216 e. The molecule has 0 spiro atoms. The summed E-state index contributed by atoms with van der Waals surface area (Å²) in [6, 6.07) is 7.97. The van der Waals surface area contributed by atoms with Gasteiger partial charge in [0.2, 0.25) is 5.90 Å². The van der Waals surface area contributed by atoms with Crippen molar-refractivity contribution in [1.29, 1.82) is 0 Å². The van der Waals surface area contributed by atoms with Gasteiger partial charge in [-0.05, 0) is 53.8 Å². The van der Waals surface area contributed by atoms with Gasteiger partial charge in [-0.1, -0.05) is 0 Å². The summed E-state index contributed by atoms with van der Waals surface area (Å²) in [5, 5.41) is 9.15. The number of hydrogen-bond acceptors (Lipinski definition) is 3. The van der Waals surface area contributed by atoms with E-state index in [4.69, 9.17) is 9.84 Å². The first kappa shape index (κ1) is 10.9. The zero-order valence-electron chi connectivity index (χ0n) is 8.40. The molecule has 80 valence electrons. The standard InChI is InChI=1S/C11H12INO2/c1-11(6-14)7-15-10(13-11)8-2-4-9(12)5-3-8/h2-5,14H,6-7H2,1H3/t11-/m1/s1. The monoisotopic (exact) mass is 317 g/mol. The van der Waals surface area contributed by atoms with Crippen LogP contribution in [0.3, 0.4) is 0 Å². The number of halogens is 1. The van der Waals surface area contributed by atoms with Crippen LogP contribution in [0.25, 0.3) is 0 Å². The van der Waals surface area contributed by atoms with Crippen molar-refractivity contribution < 1.29 is 9.84 Å². The second kappa shape index (κ2) is 4.09. The van der Waals surface area contributed by atoms with E-state index in [0.717, 1.165) is 5.56 Å². The predicted molar refractivity (Wildman–Crippen MR) is 67.1 cm³/mol. The summed E-state index contributed by atoms with van der Waals surface area (Å²) in [5.74, 6) is 0.628. The first-order valence-electron chi connectivity index (χ1n) is 4.72. The summed E-state index contributed by atoms with van der Waals surface area (Å²) in [5.41, 5.74) is 0.491. The zero-order valence-corrected chi connectivity index (χ0v) is 10.6. The Morgan fingerprint density at radius 2 is 2.13 bits per heavy atom. The van der Waals surface area contributed by atoms with Gasteiger partial charge in [0.05, 0.1) is 6.61 Å². The van der Waals surface area contributed by atoms with Crippen LogP contribution in [0.2, 0.25) is 0 Å². The van der Waals surface area contributed by atoms with Gasteiger partial charge in [-0.25, -0.2) is 4.99 Å². The van der Waals surface area contributed by atoms with Crippen LogP contribution in [0.1, 0.15) is 12.5 Å². The Morgan fingerprint density at radius 1 is 1.47 bits per heavy atom. The minimum absolute atomic E-state index is 0.0148. The van der Waals surface area contributed by atoms with Crippen LogP contribution >= 0.6 is 22.6 Å². The SMILES string of the molecule is C[C@@]1(CO)COC(c2ccc(I)cc2)=N1. The molecule has 1 aromatic rings. The second-order valence-corrected chi connectivity index (χ2v) is 5.11. The molecule has 0 aliphatic carbocycles. The van der Waals surface area contributed by atoms with E-state index >= 15 is 0 Å². The van der Waals surface area contributed by atoms with Gasteiger partial charge in [0.25, 0.3) is 0 Å². The normalized spacial score (nSPS) is 24.9. The van der Waals surface area contributed by atoms with Crippen molar-refractivity contribution in [3.05, 3.63) is 33.4 Å². The molecule has 0 bridgehead atoms. The summed E-state index contributed by atoms with van der Waals surface area (Å²) >= 11 is 2.25. The first-order valence-corrected chi connectivity index (χ1v) is 5.80. The molecule has 1 atom stereocenters. The molecule has 0 amide bonds. The quantitative estimate of drug-likeness (QED) is 0.846. The molecule has 0 aromatic heterocycles. The number of hydrogen-bond donors (Lipinski definition) is 1. The van der Waals surface area contributed by atoms with E-state index in [2.05, 4.69) is 27.6 Å². The summed E-state index contributed by atoms with van der Waals surface area (Å²) in [6.07, 6.45) is 0. The topological polar surface area (TPSA) is 41.8 Å². The van der Waals surface area contributed by atoms with Crippen LogP contribution < -0.4 is 0 Å². The molecule has 1 aliphatic rings. The molecule has 2 rings (SSSR count). The highest BCUT2D eigenvalue weighted by atomic mass is 127. The third-order valence-corrected chi connectivity index (χ3v) is 3.04. The van der Waals surface area contributed by atoms with E-state index in [1.807, 2.05) is 31.2 Å². The van der Waals surface area contributed by atoms with Crippen LogP contribution in [0, 0.1) is 3.57 Å². The highest BCUT2D eigenvalue weighted by Gasteiger charge is 2.31. The summed E-state index contributed by atoms with van der Waals surface area (Å²) in [7, 11) is 0. The largest absolute Gasteiger partial charge is 0.475 e. The lowest BCUT2D eigenvalue weighted by Crippen LogP contribution is -2.28. The lowest BCUT2D eigenvalue weighted by atomic mass is 10.1. The second-order valence-electron chi connectivity index (χ2n) is 3.87. The van der Waals surface area contributed by atoms with Gasteiger partial charge in [-0.2, -0.15) is 0 Å². The smallest absolute Gasteiger partial charge is 0.216 e. The number of ether oxygens (including phenoxy) is 1. The fourth-order valence-electron chi connectivity index (χ4n) is 1.35. The van der Waals surface area contributed by atoms with Crippen molar-refractivity contribution in [3.63, 3.8) is 0 Å². The van der Waals surface area contributed by atoms with Gasteiger partial charge in [0.15, 0.2) is 0 Å². The number of benzene rings is 1. The van der Waals surface area contributed by atoms with Gasteiger partial charge in [0.1, 0.15) is 12.1 Å². The Morgan fingerprint density at radius 3 is 2.67 bits per heavy atom. The van der Waals surface area contributed by atoms with E-state index in [1.165, 1.54) is 3.57 Å². The van der Waals surface area contributed by atoms with Crippen molar-refractivity contribution in [2.24, 2.45) is 4.99 Å². The molecule has 1 heterocycles. The molecule has 0 saturated carbocycles. The van der Waals surface area contributed by atoms with Gasteiger partial charge in [-0.3, -0.25) is 0 Å². The molecule has 15 heavy (non-hydrogen) atoms. The van der Waals surface area contributed by atoms with Gasteiger partial charge in [0, 0.05) is 9.13 Å². The molecule has 1 N–H and O–H groups in total. The van der Waals surface area contributed by atoms with Crippen molar-refractivity contribution in [1.82, 2.24) is 0 Å². The fraction of sp³-hybridized carbons (Fsp3) is 0.364. The van der Waals surface area contributed by atoms with Crippen molar-refractivity contribution in [3.8, 4) is 0 Å². The Hall–Kier alpha value is -0.620. The van der Waals surface area contributed by atoms with Gasteiger partial charge >= 0.3 is 0 Å². The van der Waals surface area contributed by atoms with E-state index in [1.54, 1.807) is 0 Å². The van der Waals surface area contributed by atoms with E-state index in [-0.39, 0.29) is 6.61 Å². The first-order chi connectivity index (χ1) is 7.13. The van der Waals surface area contributed by atoms with Crippen molar-refractivity contribution in [2.45, 2.75) is 12.5 Å². The minimum Gasteiger partial charge on any atom is -0.475 e. The molecule has 1 aliphatic heterocycles. The maximum atomic E-state index is 9.15. The Kier molecular flexibility index (Phi) is 2.97. The summed E-state index contributed by atoms with van der Waals surface area (Å²) < 4.78 is 6.65. The highest BCUT2D eigenvalue weighted by Crippen LogP contribution is 2.21. The number of nitrogens with zero attached hydrogens (tertiary/aromatic N) is 1. The average molecular weight is 317 g/mol. The van der Waals surface area contributed by atoms with Crippen LogP contribution in [0.4, 0.5) is 0 Å². The Bertz CT molecular complexity index is 388. The molecule has 1 aromatic carbocycles. The number of rotatable bonds is 2. The molecule has 0 radical (unpaired) electrons. The molecular formula is C11H12INO2. The van der Waals surface area contributed by atoms with Gasteiger partial charge in [-0.15, -0.1) is 0 Å². The minimum atomic E-state index is -0.474. The summed E-state index contributed by atoms with van der Waals surface area (Å²) in [6.45, 7) is 2.35. The molecule has 4 heteroatoms. The lowest BCUT2D eigenvalue weighted by Gasteiger charge is -2.12. The average Bonchev–Trinajstić information content (AvgIpc) is 2.63. The number of aliphatic hydroxyl groups excluding tert-OH is 1. The zero-order chi connectivity index (χ0) is 10.9. The maximum absolute atomic E-state index is 9.15. The number of aliphatic hydroxyl groups is 1. The van der Waals surface area contributed by atoms with E-state index in [0.29, 0.717) is 12.5 Å². The molecule has 0 unspecified atom stereocenters. The molecule has 3 nitrogen and oxygen atoms in total. The summed E-state index contributed by atoms with van der Waals surface area (Å²) in [4.78, 5) is 4.38.